The average molecular weight is 247 g/mol. The molecule has 94 valence electrons. The zero-order chi connectivity index (χ0) is 12.2. The van der Waals surface area contributed by atoms with Crippen molar-refractivity contribution in [3.8, 4) is 0 Å². The summed E-state index contributed by atoms with van der Waals surface area (Å²) in [4.78, 5) is 11.7. The molecular weight excluding hydrogens is 226 g/mol. The Balaban J connectivity index is 3.04. The molecule has 0 rings (SSSR count). The number of carbonyl (C=O) groups excluding carboxylic acids is 1. The van der Waals surface area contributed by atoms with Gasteiger partial charge >= 0.3 is 0 Å². The van der Waals surface area contributed by atoms with Crippen LogP contribution in [0.2, 0.25) is 0 Å². The molecule has 0 heterocycles. The summed E-state index contributed by atoms with van der Waals surface area (Å²) in [6, 6.07) is 0. The highest BCUT2D eigenvalue weighted by molar-refractivity contribution is 7.80. The highest BCUT2D eigenvalue weighted by Gasteiger charge is 1.97. The SMILES string of the molecule is CCC(=O)CCOCCOCCNC(C)=S. The normalized spacial score (nSPS) is 10.1. The highest BCUT2D eigenvalue weighted by Crippen LogP contribution is 1.89. The van der Waals surface area contributed by atoms with E-state index < -0.39 is 0 Å². The van der Waals surface area contributed by atoms with Gasteiger partial charge in [0.15, 0.2) is 0 Å². The Hall–Kier alpha value is -0.520. The number of rotatable bonds is 10. The number of nitrogens with one attached hydrogen (secondary N) is 1. The first-order chi connectivity index (χ1) is 7.66. The minimum Gasteiger partial charge on any atom is -0.379 e. The lowest BCUT2D eigenvalue weighted by molar-refractivity contribution is -0.119. The van der Waals surface area contributed by atoms with Gasteiger partial charge in [0.1, 0.15) is 5.78 Å². The summed E-state index contributed by atoms with van der Waals surface area (Å²) in [6.45, 7) is 6.62. The summed E-state index contributed by atoms with van der Waals surface area (Å²) >= 11 is 4.84. The maximum absolute atomic E-state index is 10.9. The van der Waals surface area contributed by atoms with Gasteiger partial charge in [-0.1, -0.05) is 19.1 Å². The van der Waals surface area contributed by atoms with Crippen molar-refractivity contribution in [1.29, 1.82) is 0 Å². The van der Waals surface area contributed by atoms with Gasteiger partial charge < -0.3 is 14.8 Å². The monoisotopic (exact) mass is 247 g/mol. The topological polar surface area (TPSA) is 47.6 Å². The maximum atomic E-state index is 10.9. The summed E-state index contributed by atoms with van der Waals surface area (Å²) in [7, 11) is 0. The molecule has 0 unspecified atom stereocenters. The van der Waals surface area contributed by atoms with Crippen molar-refractivity contribution in [1.82, 2.24) is 5.32 Å². The summed E-state index contributed by atoms with van der Waals surface area (Å²) in [5.74, 6) is 0.238. The van der Waals surface area contributed by atoms with Gasteiger partial charge in [-0.2, -0.15) is 0 Å². The van der Waals surface area contributed by atoms with Crippen molar-refractivity contribution in [2.75, 3.05) is 33.0 Å². The van der Waals surface area contributed by atoms with Gasteiger partial charge in [0.2, 0.25) is 0 Å². The van der Waals surface area contributed by atoms with Crippen LogP contribution in [0.5, 0.6) is 0 Å². The number of ether oxygens (including phenoxy) is 2. The largest absolute Gasteiger partial charge is 0.379 e. The second-order valence-electron chi connectivity index (χ2n) is 3.35. The Morgan fingerprint density at radius 3 is 2.38 bits per heavy atom. The average Bonchev–Trinajstić information content (AvgIpc) is 2.26. The van der Waals surface area contributed by atoms with E-state index in [-0.39, 0.29) is 5.78 Å². The van der Waals surface area contributed by atoms with Crippen LogP contribution in [0.4, 0.5) is 0 Å². The number of thiocarbonyl (C=S) groups is 1. The molecule has 0 aliphatic carbocycles. The number of ketones is 1. The smallest absolute Gasteiger partial charge is 0.134 e. The predicted molar refractivity (Wildman–Crippen MR) is 67.8 cm³/mol. The van der Waals surface area contributed by atoms with E-state index >= 15 is 0 Å². The van der Waals surface area contributed by atoms with E-state index in [2.05, 4.69) is 5.32 Å². The van der Waals surface area contributed by atoms with Gasteiger partial charge in [-0.05, 0) is 6.92 Å². The molecular formula is C11H21NO3S. The lowest BCUT2D eigenvalue weighted by atomic mass is 10.2. The zero-order valence-electron chi connectivity index (χ0n) is 10.1. The molecule has 0 aliphatic rings. The number of hydrogen-bond acceptors (Lipinski definition) is 4. The standard InChI is InChI=1S/C11H21NO3S/c1-3-11(13)4-6-14-8-9-15-7-5-12-10(2)16/h3-9H2,1-2H3,(H,12,16). The van der Waals surface area contributed by atoms with Crippen LogP contribution in [0.1, 0.15) is 26.7 Å². The molecule has 0 amide bonds. The van der Waals surface area contributed by atoms with Crippen molar-refractivity contribution in [3.63, 3.8) is 0 Å². The highest BCUT2D eigenvalue weighted by atomic mass is 32.1. The molecule has 0 fully saturated rings. The van der Waals surface area contributed by atoms with E-state index in [9.17, 15) is 4.79 Å². The van der Waals surface area contributed by atoms with Crippen molar-refractivity contribution < 1.29 is 14.3 Å². The van der Waals surface area contributed by atoms with E-state index in [0.29, 0.717) is 39.3 Å². The first-order valence-electron chi connectivity index (χ1n) is 5.58. The van der Waals surface area contributed by atoms with Gasteiger partial charge in [-0.15, -0.1) is 0 Å². The van der Waals surface area contributed by atoms with E-state index in [4.69, 9.17) is 21.7 Å². The number of carbonyl (C=O) groups is 1. The zero-order valence-corrected chi connectivity index (χ0v) is 10.9. The summed E-state index contributed by atoms with van der Waals surface area (Å²) < 4.78 is 10.5. The molecule has 16 heavy (non-hydrogen) atoms. The van der Waals surface area contributed by atoms with Crippen molar-refractivity contribution in [2.24, 2.45) is 0 Å². The molecule has 0 radical (unpaired) electrons. The van der Waals surface area contributed by atoms with Gasteiger partial charge in [-0.3, -0.25) is 4.79 Å². The van der Waals surface area contributed by atoms with Crippen LogP contribution in [-0.4, -0.2) is 43.7 Å². The van der Waals surface area contributed by atoms with Crippen LogP contribution in [-0.2, 0) is 14.3 Å². The lowest BCUT2D eigenvalue weighted by Gasteiger charge is -2.06. The van der Waals surface area contributed by atoms with E-state index in [1.54, 1.807) is 0 Å². The molecule has 0 aromatic carbocycles. The van der Waals surface area contributed by atoms with Gasteiger partial charge in [0.25, 0.3) is 0 Å². The Labute approximate surface area is 103 Å². The summed E-state index contributed by atoms with van der Waals surface area (Å²) in [5, 5.41) is 2.99. The van der Waals surface area contributed by atoms with E-state index in [0.717, 1.165) is 11.5 Å². The molecule has 0 aliphatic heterocycles. The summed E-state index contributed by atoms with van der Waals surface area (Å²) in [6.07, 6.45) is 1.09. The third-order valence-corrected chi connectivity index (χ3v) is 2.06. The first-order valence-corrected chi connectivity index (χ1v) is 5.99. The third-order valence-electron chi connectivity index (χ3n) is 1.91. The van der Waals surface area contributed by atoms with E-state index in [1.165, 1.54) is 0 Å². The van der Waals surface area contributed by atoms with Crippen LogP contribution in [0.3, 0.4) is 0 Å². The number of hydrogen-bond donors (Lipinski definition) is 1. The van der Waals surface area contributed by atoms with Crippen LogP contribution in [0, 0.1) is 0 Å². The van der Waals surface area contributed by atoms with Crippen LogP contribution in [0.25, 0.3) is 0 Å². The minimum absolute atomic E-state index is 0.238. The lowest BCUT2D eigenvalue weighted by Crippen LogP contribution is -2.23. The molecule has 1 N–H and O–H groups in total. The molecule has 5 heteroatoms. The Morgan fingerprint density at radius 2 is 1.81 bits per heavy atom. The van der Waals surface area contributed by atoms with Gasteiger partial charge in [0.05, 0.1) is 31.4 Å². The Morgan fingerprint density at radius 1 is 1.19 bits per heavy atom. The fraction of sp³-hybridized carbons (Fsp3) is 0.818. The van der Waals surface area contributed by atoms with Crippen LogP contribution in [0.15, 0.2) is 0 Å². The van der Waals surface area contributed by atoms with Crippen LogP contribution >= 0.6 is 12.2 Å². The number of Topliss-reactive ketones (excluding diaryl/α,β-unsaturated/α-hetero) is 1. The molecule has 0 aromatic heterocycles. The molecule has 0 atom stereocenters. The fourth-order valence-electron chi connectivity index (χ4n) is 0.984. The van der Waals surface area contributed by atoms with E-state index in [1.807, 2.05) is 13.8 Å². The van der Waals surface area contributed by atoms with Crippen molar-refractivity contribution in [3.05, 3.63) is 0 Å². The fourth-order valence-corrected chi connectivity index (χ4v) is 1.09. The maximum Gasteiger partial charge on any atom is 0.134 e. The Kier molecular flexibility index (Phi) is 10.6. The summed E-state index contributed by atoms with van der Waals surface area (Å²) in [5.41, 5.74) is 0. The second kappa shape index (κ2) is 11.0. The first kappa shape index (κ1) is 15.5. The van der Waals surface area contributed by atoms with Crippen molar-refractivity contribution >= 4 is 23.0 Å². The van der Waals surface area contributed by atoms with Crippen molar-refractivity contribution in [2.45, 2.75) is 26.7 Å². The Bertz CT molecular complexity index is 209. The van der Waals surface area contributed by atoms with Crippen LogP contribution < -0.4 is 5.32 Å². The predicted octanol–water partition coefficient (Wildman–Crippen LogP) is 1.33. The third kappa shape index (κ3) is 11.6. The minimum atomic E-state index is 0.238. The molecule has 4 nitrogen and oxygen atoms in total. The molecule has 0 spiro atoms. The molecule has 0 bridgehead atoms. The van der Waals surface area contributed by atoms with Gasteiger partial charge in [-0.25, -0.2) is 0 Å². The molecule has 0 saturated heterocycles. The van der Waals surface area contributed by atoms with Gasteiger partial charge in [0, 0.05) is 19.4 Å². The molecule has 0 saturated carbocycles. The molecule has 0 aromatic rings. The quantitative estimate of drug-likeness (QED) is 0.466. The second-order valence-corrected chi connectivity index (χ2v) is 3.96.